The van der Waals surface area contributed by atoms with Gasteiger partial charge in [-0.2, -0.15) is 0 Å². The second-order valence-corrected chi connectivity index (χ2v) is 3.67. The molecule has 1 aliphatic rings. The van der Waals surface area contributed by atoms with Crippen molar-refractivity contribution in [2.45, 2.75) is 26.7 Å². The molecule has 0 aromatic rings. The van der Waals surface area contributed by atoms with Crippen molar-refractivity contribution in [3.05, 3.63) is 12.4 Å². The van der Waals surface area contributed by atoms with E-state index in [1.807, 2.05) is 0 Å². The highest BCUT2D eigenvalue weighted by molar-refractivity contribution is 6.50. The fraction of sp³-hybridized carbons (Fsp3) is 0.800. The predicted octanol–water partition coefficient (Wildman–Crippen LogP) is 1.94. The lowest BCUT2D eigenvalue weighted by molar-refractivity contribution is 0.293. The fourth-order valence-electron chi connectivity index (χ4n) is 1.10. The molecule has 0 fully saturated rings. The molecule has 0 amide bonds. The Labute approximate surface area is 112 Å². The summed E-state index contributed by atoms with van der Waals surface area (Å²) in [6.45, 7) is 6.43. The highest BCUT2D eigenvalue weighted by Gasteiger charge is 2.20. The van der Waals surface area contributed by atoms with Crippen LogP contribution in [0.25, 0.3) is 0 Å². The highest BCUT2D eigenvalue weighted by Crippen LogP contribution is 2.06. The number of nitrogens with zero attached hydrogens (tertiary/aromatic N) is 2. The number of halogens is 4. The average molecular weight is 291 g/mol. The van der Waals surface area contributed by atoms with Gasteiger partial charge in [0.25, 0.3) is 0 Å². The number of unbranched alkanes of at least 4 members (excludes halogenated alkanes) is 1. The van der Waals surface area contributed by atoms with Crippen LogP contribution in [0.5, 0.6) is 0 Å². The molecular formula is C10H24BF4N2O2-. The Hall–Kier alpha value is -0.955. The molecule has 1 heterocycles. The Bertz CT molecular complexity index is 212. The molecule has 0 aromatic carbocycles. The molecule has 118 valence electrons. The first-order chi connectivity index (χ1) is 8.24. The molecule has 0 saturated heterocycles. The highest BCUT2D eigenvalue weighted by atomic mass is 19.5. The van der Waals surface area contributed by atoms with E-state index in [1.165, 1.54) is 19.4 Å². The first-order valence-electron chi connectivity index (χ1n) is 5.85. The van der Waals surface area contributed by atoms with Crippen molar-refractivity contribution in [2.24, 2.45) is 0 Å². The monoisotopic (exact) mass is 291 g/mol. The predicted molar refractivity (Wildman–Crippen MR) is 69.9 cm³/mol. The van der Waals surface area contributed by atoms with Gasteiger partial charge in [0.05, 0.1) is 6.67 Å². The maximum atomic E-state index is 9.75. The smallest absolute Gasteiger partial charge is 0.418 e. The van der Waals surface area contributed by atoms with E-state index in [4.69, 9.17) is 5.11 Å². The van der Waals surface area contributed by atoms with Gasteiger partial charge in [-0.3, -0.25) is 0 Å². The van der Waals surface area contributed by atoms with E-state index in [1.54, 1.807) is 6.92 Å². The summed E-state index contributed by atoms with van der Waals surface area (Å²) in [5.41, 5.74) is 0. The van der Waals surface area contributed by atoms with Crippen LogP contribution in [0.4, 0.5) is 17.3 Å². The van der Waals surface area contributed by atoms with Crippen LogP contribution in [0, 0.1) is 0 Å². The van der Waals surface area contributed by atoms with Crippen molar-refractivity contribution in [3.8, 4) is 0 Å². The topological polar surface area (TPSA) is 58.2 Å². The third-order valence-electron chi connectivity index (χ3n) is 1.74. The summed E-state index contributed by atoms with van der Waals surface area (Å²) in [5.74, 6) is 0. The molecule has 0 radical (unpaired) electrons. The average Bonchev–Trinajstić information content (AvgIpc) is 2.60. The molecule has 1 rings (SSSR count). The summed E-state index contributed by atoms with van der Waals surface area (Å²) in [6, 6.07) is 0. The van der Waals surface area contributed by atoms with Crippen LogP contribution < -0.4 is 0 Å². The minimum absolute atomic E-state index is 0. The molecule has 0 unspecified atom stereocenters. The number of aliphatic hydroxyl groups is 1. The van der Waals surface area contributed by atoms with Gasteiger partial charge in [0.15, 0.2) is 0 Å². The van der Waals surface area contributed by atoms with Crippen molar-refractivity contribution in [1.29, 1.82) is 0 Å². The number of rotatable bonds is 3. The molecular weight excluding hydrogens is 267 g/mol. The van der Waals surface area contributed by atoms with Crippen LogP contribution >= 0.6 is 0 Å². The van der Waals surface area contributed by atoms with Gasteiger partial charge in [-0.1, -0.05) is 13.3 Å². The van der Waals surface area contributed by atoms with Crippen LogP contribution in [-0.2, 0) is 0 Å². The summed E-state index contributed by atoms with van der Waals surface area (Å²) in [5, 5.41) is 7.57. The van der Waals surface area contributed by atoms with Crippen molar-refractivity contribution in [1.82, 2.24) is 9.80 Å². The zero-order chi connectivity index (χ0) is 14.6. The zero-order valence-corrected chi connectivity index (χ0v) is 11.6. The molecule has 0 aromatic heterocycles. The lowest BCUT2D eigenvalue weighted by Gasteiger charge is -2.17. The van der Waals surface area contributed by atoms with E-state index >= 15 is 0 Å². The van der Waals surface area contributed by atoms with Gasteiger partial charge in [0.1, 0.15) is 0 Å². The van der Waals surface area contributed by atoms with Crippen molar-refractivity contribution in [3.63, 3.8) is 0 Å². The molecule has 0 bridgehead atoms. The maximum Gasteiger partial charge on any atom is 0.673 e. The summed E-state index contributed by atoms with van der Waals surface area (Å²) in [4.78, 5) is 4.53. The van der Waals surface area contributed by atoms with Gasteiger partial charge in [-0.25, -0.2) is 0 Å². The van der Waals surface area contributed by atoms with E-state index < -0.39 is 7.25 Å². The van der Waals surface area contributed by atoms with E-state index in [0.29, 0.717) is 0 Å². The van der Waals surface area contributed by atoms with Gasteiger partial charge in [-0.05, 0) is 13.3 Å². The first kappa shape index (κ1) is 23.2. The van der Waals surface area contributed by atoms with Gasteiger partial charge in [0.2, 0.25) is 0 Å². The lowest BCUT2D eigenvalue weighted by atomic mass is 10.3. The molecule has 1 aliphatic heterocycles. The number of hydrogen-bond donors (Lipinski definition) is 1. The van der Waals surface area contributed by atoms with Crippen LogP contribution in [-0.4, -0.2) is 54.5 Å². The Balaban J connectivity index is -0.000000243. The van der Waals surface area contributed by atoms with Crippen molar-refractivity contribution < 1.29 is 27.8 Å². The Kier molecular flexibility index (Phi) is 16.4. The Morgan fingerprint density at radius 1 is 1.16 bits per heavy atom. The van der Waals surface area contributed by atoms with E-state index in [0.717, 1.165) is 6.67 Å². The molecule has 0 atom stereocenters. The van der Waals surface area contributed by atoms with E-state index in [-0.39, 0.29) is 12.1 Å². The van der Waals surface area contributed by atoms with Gasteiger partial charge < -0.3 is 37.6 Å². The minimum atomic E-state index is -6.00. The second-order valence-electron chi connectivity index (χ2n) is 3.67. The Morgan fingerprint density at radius 3 is 1.84 bits per heavy atom. The van der Waals surface area contributed by atoms with E-state index in [2.05, 4.69) is 36.2 Å². The van der Waals surface area contributed by atoms with Crippen LogP contribution in [0.3, 0.4) is 0 Å². The summed E-state index contributed by atoms with van der Waals surface area (Å²) >= 11 is 0. The molecule has 3 N–H and O–H groups in total. The maximum absolute atomic E-state index is 9.75. The normalized spacial score (nSPS) is 13.1. The lowest BCUT2D eigenvalue weighted by Crippen LogP contribution is -2.23. The summed E-state index contributed by atoms with van der Waals surface area (Å²) in [6.07, 6.45) is 6.87. The quantitative estimate of drug-likeness (QED) is 0.638. The van der Waals surface area contributed by atoms with Crippen molar-refractivity contribution >= 4 is 7.25 Å². The molecule has 4 nitrogen and oxygen atoms in total. The third-order valence-corrected chi connectivity index (χ3v) is 1.74. The second kappa shape index (κ2) is 13.5. The van der Waals surface area contributed by atoms with Crippen molar-refractivity contribution in [2.75, 3.05) is 26.9 Å². The largest absolute Gasteiger partial charge is 0.673 e. The molecule has 19 heavy (non-hydrogen) atoms. The molecule has 0 aliphatic carbocycles. The van der Waals surface area contributed by atoms with Crippen LogP contribution in [0.1, 0.15) is 26.7 Å². The Morgan fingerprint density at radius 2 is 1.58 bits per heavy atom. The first-order valence-corrected chi connectivity index (χ1v) is 5.85. The standard InChI is InChI=1S/C8H16N2.C2H6O.BF4.H2O/c1-3-4-5-10-7-6-9(2)8-10;1-2-3;2-1(3,4)5;/h6-7H,3-5,8H2,1-2H3;3H,2H2,1H3;;1H2/q;;-1;. The summed E-state index contributed by atoms with van der Waals surface area (Å²) in [7, 11) is -3.90. The van der Waals surface area contributed by atoms with E-state index in [9.17, 15) is 17.3 Å². The summed E-state index contributed by atoms with van der Waals surface area (Å²) < 4.78 is 39.0. The molecule has 0 saturated carbocycles. The van der Waals surface area contributed by atoms with Gasteiger partial charge in [-0.15, -0.1) is 0 Å². The molecule has 9 heteroatoms. The minimum Gasteiger partial charge on any atom is -0.418 e. The molecule has 0 spiro atoms. The third kappa shape index (κ3) is 26.6. The number of aliphatic hydroxyl groups excluding tert-OH is 1. The van der Waals surface area contributed by atoms with Crippen LogP contribution in [0.2, 0.25) is 0 Å². The zero-order valence-electron chi connectivity index (χ0n) is 11.6. The number of hydrogen-bond acceptors (Lipinski definition) is 3. The van der Waals surface area contributed by atoms with Gasteiger partial charge in [0, 0.05) is 32.6 Å². The fourth-order valence-corrected chi connectivity index (χ4v) is 1.10. The van der Waals surface area contributed by atoms with Crippen LogP contribution in [0.15, 0.2) is 12.4 Å². The SMILES string of the molecule is CCCCN1C=CN(C)C1.CCO.F[B-](F)(F)F.O. The van der Waals surface area contributed by atoms with Gasteiger partial charge >= 0.3 is 7.25 Å².